The normalized spacial score (nSPS) is 32.8. The summed E-state index contributed by atoms with van der Waals surface area (Å²) in [4.78, 5) is 0. The van der Waals surface area contributed by atoms with Crippen LogP contribution in [0.1, 0.15) is 59.8 Å². The lowest BCUT2D eigenvalue weighted by molar-refractivity contribution is 0.0413. The fourth-order valence-electron chi connectivity index (χ4n) is 2.90. The molecule has 4 atom stereocenters. The van der Waals surface area contributed by atoms with Gasteiger partial charge in [-0.1, -0.05) is 47.0 Å². The van der Waals surface area contributed by atoms with E-state index in [-0.39, 0.29) is 11.8 Å². The summed E-state index contributed by atoms with van der Waals surface area (Å²) in [7, 11) is 0. The van der Waals surface area contributed by atoms with E-state index in [1.54, 1.807) is 0 Å². The predicted octanol–water partition coefficient (Wildman–Crippen LogP) is 5.17. The standard InChI is InChI=1S/C15H28F2/c1-5-11(3)14(16)15(17)12(4)13-8-6-10(2)7-9-13/h10-15H,5-9H2,1-4H3. The lowest BCUT2D eigenvalue weighted by Crippen LogP contribution is -2.35. The highest BCUT2D eigenvalue weighted by Gasteiger charge is 2.35. The maximum Gasteiger partial charge on any atom is 0.134 e. The third-order valence-electron chi connectivity index (χ3n) is 4.80. The lowest BCUT2D eigenvalue weighted by Gasteiger charge is -2.34. The summed E-state index contributed by atoms with van der Waals surface area (Å²) in [5.41, 5.74) is 0. The first-order valence-corrected chi connectivity index (χ1v) is 7.25. The van der Waals surface area contributed by atoms with Crippen molar-refractivity contribution < 1.29 is 8.78 Å². The second-order valence-corrected chi connectivity index (χ2v) is 6.15. The molecule has 0 heterocycles. The Morgan fingerprint density at radius 1 is 1.00 bits per heavy atom. The molecule has 0 bridgehead atoms. The Labute approximate surface area is 105 Å². The molecule has 0 aromatic rings. The summed E-state index contributed by atoms with van der Waals surface area (Å²) < 4.78 is 28.0. The van der Waals surface area contributed by atoms with Crippen molar-refractivity contribution in [3.05, 3.63) is 0 Å². The molecule has 0 aromatic carbocycles. The Morgan fingerprint density at radius 2 is 1.53 bits per heavy atom. The van der Waals surface area contributed by atoms with Crippen molar-refractivity contribution in [2.24, 2.45) is 23.7 Å². The van der Waals surface area contributed by atoms with Crippen molar-refractivity contribution in [1.29, 1.82) is 0 Å². The predicted molar refractivity (Wildman–Crippen MR) is 69.5 cm³/mol. The first kappa shape index (κ1) is 14.9. The van der Waals surface area contributed by atoms with Gasteiger partial charge in [0.05, 0.1) is 0 Å². The second-order valence-electron chi connectivity index (χ2n) is 6.15. The van der Waals surface area contributed by atoms with Gasteiger partial charge in [-0.05, 0) is 36.5 Å². The van der Waals surface area contributed by atoms with Crippen molar-refractivity contribution in [1.82, 2.24) is 0 Å². The van der Waals surface area contributed by atoms with Crippen LogP contribution in [0.25, 0.3) is 0 Å². The van der Waals surface area contributed by atoms with E-state index in [0.717, 1.165) is 25.2 Å². The molecule has 0 amide bonds. The summed E-state index contributed by atoms with van der Waals surface area (Å²) in [6.45, 7) is 7.90. The number of halogens is 2. The topological polar surface area (TPSA) is 0 Å². The molecule has 1 fully saturated rings. The second kappa shape index (κ2) is 6.70. The van der Waals surface area contributed by atoms with E-state index in [2.05, 4.69) is 6.92 Å². The summed E-state index contributed by atoms with van der Waals surface area (Å²) in [6.07, 6.45) is 2.68. The highest BCUT2D eigenvalue weighted by atomic mass is 19.2. The van der Waals surface area contributed by atoms with E-state index in [9.17, 15) is 8.78 Å². The van der Waals surface area contributed by atoms with Crippen LogP contribution in [-0.2, 0) is 0 Å². The Kier molecular flexibility index (Phi) is 5.88. The Morgan fingerprint density at radius 3 is 2.00 bits per heavy atom. The molecule has 4 unspecified atom stereocenters. The largest absolute Gasteiger partial charge is 0.244 e. The van der Waals surface area contributed by atoms with Gasteiger partial charge >= 0.3 is 0 Å². The molecule has 0 saturated heterocycles. The third-order valence-corrected chi connectivity index (χ3v) is 4.80. The molecule has 0 spiro atoms. The molecule has 2 heteroatoms. The summed E-state index contributed by atoms with van der Waals surface area (Å²) in [5.74, 6) is 0.886. The molecule has 1 saturated carbocycles. The number of hydrogen-bond donors (Lipinski definition) is 0. The molecular weight excluding hydrogens is 218 g/mol. The van der Waals surface area contributed by atoms with Gasteiger partial charge < -0.3 is 0 Å². The van der Waals surface area contributed by atoms with Gasteiger partial charge in [-0.2, -0.15) is 0 Å². The molecule has 0 nitrogen and oxygen atoms in total. The number of rotatable bonds is 5. The van der Waals surface area contributed by atoms with Crippen molar-refractivity contribution >= 4 is 0 Å². The molecule has 0 N–H and O–H groups in total. The fourth-order valence-corrected chi connectivity index (χ4v) is 2.90. The minimum Gasteiger partial charge on any atom is -0.244 e. The van der Waals surface area contributed by atoms with Gasteiger partial charge in [0, 0.05) is 0 Å². The minimum atomic E-state index is -1.28. The van der Waals surface area contributed by atoms with Crippen LogP contribution in [-0.4, -0.2) is 12.3 Å². The maximum atomic E-state index is 14.1. The molecular formula is C15H28F2. The van der Waals surface area contributed by atoms with Crippen molar-refractivity contribution in [2.75, 3.05) is 0 Å². The zero-order valence-corrected chi connectivity index (χ0v) is 11.8. The van der Waals surface area contributed by atoms with Crippen LogP contribution in [0.4, 0.5) is 8.78 Å². The first-order chi connectivity index (χ1) is 7.97. The highest BCUT2D eigenvalue weighted by Crippen LogP contribution is 2.37. The summed E-state index contributed by atoms with van der Waals surface area (Å²) in [5, 5.41) is 0. The molecule has 0 aliphatic heterocycles. The van der Waals surface area contributed by atoms with E-state index in [1.165, 1.54) is 12.8 Å². The van der Waals surface area contributed by atoms with Crippen molar-refractivity contribution in [2.45, 2.75) is 72.1 Å². The number of hydrogen-bond acceptors (Lipinski definition) is 0. The molecule has 17 heavy (non-hydrogen) atoms. The number of alkyl halides is 2. The zero-order chi connectivity index (χ0) is 13.0. The van der Waals surface area contributed by atoms with E-state index in [0.29, 0.717) is 5.92 Å². The van der Waals surface area contributed by atoms with Crippen LogP contribution in [0.15, 0.2) is 0 Å². The van der Waals surface area contributed by atoms with Gasteiger partial charge in [-0.25, -0.2) is 8.78 Å². The minimum absolute atomic E-state index is 0.119. The average molecular weight is 246 g/mol. The van der Waals surface area contributed by atoms with Crippen LogP contribution in [0.5, 0.6) is 0 Å². The van der Waals surface area contributed by atoms with E-state index >= 15 is 0 Å². The molecule has 1 aliphatic rings. The fraction of sp³-hybridized carbons (Fsp3) is 1.00. The molecule has 102 valence electrons. The van der Waals surface area contributed by atoms with Gasteiger partial charge in [-0.15, -0.1) is 0 Å². The lowest BCUT2D eigenvalue weighted by atomic mass is 9.74. The van der Waals surface area contributed by atoms with E-state index < -0.39 is 12.3 Å². The van der Waals surface area contributed by atoms with Crippen molar-refractivity contribution in [3.8, 4) is 0 Å². The average Bonchev–Trinajstić information content (AvgIpc) is 2.36. The van der Waals surface area contributed by atoms with Crippen LogP contribution < -0.4 is 0 Å². The summed E-state index contributed by atoms with van der Waals surface area (Å²) >= 11 is 0. The van der Waals surface area contributed by atoms with Crippen LogP contribution >= 0.6 is 0 Å². The first-order valence-electron chi connectivity index (χ1n) is 7.25. The molecule has 0 radical (unpaired) electrons. The van der Waals surface area contributed by atoms with Gasteiger partial charge in [0.15, 0.2) is 0 Å². The Bertz CT molecular complexity index is 209. The smallest absolute Gasteiger partial charge is 0.134 e. The highest BCUT2D eigenvalue weighted by molar-refractivity contribution is 4.84. The molecule has 1 rings (SSSR count). The van der Waals surface area contributed by atoms with Gasteiger partial charge in [-0.3, -0.25) is 0 Å². The van der Waals surface area contributed by atoms with Gasteiger partial charge in [0.25, 0.3) is 0 Å². The van der Waals surface area contributed by atoms with Crippen molar-refractivity contribution in [3.63, 3.8) is 0 Å². The van der Waals surface area contributed by atoms with Gasteiger partial charge in [0.1, 0.15) is 12.3 Å². The van der Waals surface area contributed by atoms with Crippen LogP contribution in [0, 0.1) is 23.7 Å². The monoisotopic (exact) mass is 246 g/mol. The Balaban J connectivity index is 2.48. The van der Waals surface area contributed by atoms with E-state index in [1.807, 2.05) is 20.8 Å². The quantitative estimate of drug-likeness (QED) is 0.627. The Hall–Kier alpha value is -0.140. The van der Waals surface area contributed by atoms with Crippen LogP contribution in [0.3, 0.4) is 0 Å². The molecule has 1 aliphatic carbocycles. The summed E-state index contributed by atoms with van der Waals surface area (Å²) in [6, 6.07) is 0. The third kappa shape index (κ3) is 3.93. The zero-order valence-electron chi connectivity index (χ0n) is 11.8. The maximum absolute atomic E-state index is 14.1. The molecule has 0 aromatic heterocycles. The van der Waals surface area contributed by atoms with Gasteiger partial charge in [0.2, 0.25) is 0 Å². The SMILES string of the molecule is CCC(C)C(F)C(F)C(C)C1CCC(C)CC1. The van der Waals surface area contributed by atoms with Crippen LogP contribution in [0.2, 0.25) is 0 Å². The van der Waals surface area contributed by atoms with E-state index in [4.69, 9.17) is 0 Å².